The normalized spacial score (nSPS) is 10.7. The second-order valence-electron chi connectivity index (χ2n) is 3.68. The summed E-state index contributed by atoms with van der Waals surface area (Å²) in [7, 11) is 0. The maximum atomic E-state index is 11.1. The van der Waals surface area contributed by atoms with E-state index in [-0.39, 0.29) is 5.56 Å². The van der Waals surface area contributed by atoms with Crippen molar-refractivity contribution in [2.75, 3.05) is 0 Å². The fourth-order valence-electron chi connectivity index (χ4n) is 1.71. The summed E-state index contributed by atoms with van der Waals surface area (Å²) in [5.74, 6) is -0.947. The number of benzene rings is 1. The molecule has 16 heavy (non-hydrogen) atoms. The van der Waals surface area contributed by atoms with Crippen LogP contribution >= 0.6 is 11.6 Å². The van der Waals surface area contributed by atoms with E-state index in [1.54, 1.807) is 25.1 Å². The third-order valence-corrected chi connectivity index (χ3v) is 2.94. The number of carboxylic acids is 1. The van der Waals surface area contributed by atoms with Gasteiger partial charge in [-0.15, -0.1) is 0 Å². The number of aromatic nitrogens is 1. The molecule has 0 saturated heterocycles. The van der Waals surface area contributed by atoms with Gasteiger partial charge in [-0.2, -0.15) is 0 Å². The SMILES string of the molecule is Cc1cc(C(=O)O)c2ccc(Cl)c(C)c2n1. The largest absolute Gasteiger partial charge is 0.478 e. The van der Waals surface area contributed by atoms with Gasteiger partial charge in [0.1, 0.15) is 0 Å². The minimum atomic E-state index is -0.947. The van der Waals surface area contributed by atoms with Gasteiger partial charge in [0.2, 0.25) is 0 Å². The first kappa shape index (κ1) is 10.9. The van der Waals surface area contributed by atoms with E-state index in [9.17, 15) is 4.79 Å². The number of aryl methyl sites for hydroxylation is 2. The first-order valence-corrected chi connectivity index (χ1v) is 5.18. The van der Waals surface area contributed by atoms with E-state index < -0.39 is 5.97 Å². The van der Waals surface area contributed by atoms with Crippen LogP contribution in [0, 0.1) is 13.8 Å². The second-order valence-corrected chi connectivity index (χ2v) is 4.09. The summed E-state index contributed by atoms with van der Waals surface area (Å²) in [6, 6.07) is 4.96. The zero-order valence-corrected chi connectivity index (χ0v) is 9.67. The molecule has 1 aromatic carbocycles. The average molecular weight is 236 g/mol. The molecule has 0 fully saturated rings. The molecule has 1 N–H and O–H groups in total. The Balaban J connectivity index is 2.94. The number of nitrogens with zero attached hydrogens (tertiary/aromatic N) is 1. The number of carbonyl (C=O) groups is 1. The minimum absolute atomic E-state index is 0.266. The Kier molecular flexibility index (Phi) is 2.56. The zero-order valence-electron chi connectivity index (χ0n) is 8.91. The van der Waals surface area contributed by atoms with Crippen LogP contribution in [0.15, 0.2) is 18.2 Å². The molecule has 0 bridgehead atoms. The predicted octanol–water partition coefficient (Wildman–Crippen LogP) is 3.20. The number of fused-ring (bicyclic) bond motifs is 1. The Morgan fingerprint density at radius 2 is 2.06 bits per heavy atom. The Morgan fingerprint density at radius 3 is 2.69 bits per heavy atom. The van der Waals surface area contributed by atoms with Crippen LogP contribution < -0.4 is 0 Å². The highest BCUT2D eigenvalue weighted by Gasteiger charge is 2.12. The summed E-state index contributed by atoms with van der Waals surface area (Å²) >= 11 is 5.98. The van der Waals surface area contributed by atoms with Gasteiger partial charge in [-0.25, -0.2) is 4.79 Å². The van der Waals surface area contributed by atoms with Gasteiger partial charge in [-0.3, -0.25) is 4.98 Å². The highest BCUT2D eigenvalue weighted by Crippen LogP contribution is 2.26. The van der Waals surface area contributed by atoms with Crippen molar-refractivity contribution in [1.82, 2.24) is 4.98 Å². The van der Waals surface area contributed by atoms with Crippen molar-refractivity contribution in [3.05, 3.63) is 40.0 Å². The molecule has 0 amide bonds. The Bertz CT molecular complexity index is 593. The van der Waals surface area contributed by atoms with Crippen molar-refractivity contribution in [2.45, 2.75) is 13.8 Å². The molecular weight excluding hydrogens is 226 g/mol. The molecule has 82 valence electrons. The van der Waals surface area contributed by atoms with Crippen LogP contribution in [0.5, 0.6) is 0 Å². The third kappa shape index (κ3) is 1.63. The van der Waals surface area contributed by atoms with Crippen LogP contribution in [-0.4, -0.2) is 16.1 Å². The molecule has 3 nitrogen and oxygen atoms in total. The van der Waals surface area contributed by atoms with Crippen LogP contribution in [0.2, 0.25) is 5.02 Å². The monoisotopic (exact) mass is 235 g/mol. The van der Waals surface area contributed by atoms with Crippen LogP contribution in [0.25, 0.3) is 10.9 Å². The summed E-state index contributed by atoms with van der Waals surface area (Å²) < 4.78 is 0. The molecule has 0 aliphatic rings. The molecule has 0 aliphatic carbocycles. The lowest BCUT2D eigenvalue weighted by atomic mass is 10.0. The van der Waals surface area contributed by atoms with Crippen molar-refractivity contribution in [3.63, 3.8) is 0 Å². The first-order valence-electron chi connectivity index (χ1n) is 4.80. The van der Waals surface area contributed by atoms with E-state index in [4.69, 9.17) is 16.7 Å². The fourth-order valence-corrected chi connectivity index (χ4v) is 1.86. The Morgan fingerprint density at radius 1 is 1.38 bits per heavy atom. The van der Waals surface area contributed by atoms with Crippen molar-refractivity contribution >= 4 is 28.5 Å². The van der Waals surface area contributed by atoms with Crippen LogP contribution in [-0.2, 0) is 0 Å². The number of halogens is 1. The molecule has 0 radical (unpaired) electrons. The molecule has 0 saturated carbocycles. The van der Waals surface area contributed by atoms with Gasteiger partial charge in [0, 0.05) is 16.1 Å². The van der Waals surface area contributed by atoms with Crippen LogP contribution in [0.4, 0.5) is 0 Å². The first-order chi connectivity index (χ1) is 7.50. The number of aromatic carboxylic acids is 1. The van der Waals surface area contributed by atoms with Gasteiger partial charge >= 0.3 is 5.97 Å². The van der Waals surface area contributed by atoms with Gasteiger partial charge in [0.15, 0.2) is 0 Å². The van der Waals surface area contributed by atoms with Gasteiger partial charge in [0.25, 0.3) is 0 Å². The van der Waals surface area contributed by atoms with Crippen LogP contribution in [0.1, 0.15) is 21.6 Å². The molecule has 0 spiro atoms. The maximum absolute atomic E-state index is 11.1. The molecule has 1 aromatic heterocycles. The summed E-state index contributed by atoms with van der Waals surface area (Å²) in [6.07, 6.45) is 0. The van der Waals surface area contributed by atoms with E-state index in [2.05, 4.69) is 4.98 Å². The smallest absolute Gasteiger partial charge is 0.336 e. The van der Waals surface area contributed by atoms with Crippen molar-refractivity contribution in [2.24, 2.45) is 0 Å². The number of rotatable bonds is 1. The lowest BCUT2D eigenvalue weighted by Crippen LogP contribution is -2.01. The molecule has 0 unspecified atom stereocenters. The van der Waals surface area contributed by atoms with Crippen molar-refractivity contribution in [1.29, 1.82) is 0 Å². The van der Waals surface area contributed by atoms with E-state index in [1.165, 1.54) is 0 Å². The van der Waals surface area contributed by atoms with E-state index in [1.807, 2.05) is 6.92 Å². The summed E-state index contributed by atoms with van der Waals surface area (Å²) in [5, 5.41) is 10.3. The van der Waals surface area contributed by atoms with Gasteiger partial charge in [0.05, 0.1) is 11.1 Å². The lowest BCUT2D eigenvalue weighted by molar-refractivity contribution is 0.0699. The number of pyridine rings is 1. The predicted molar refractivity (Wildman–Crippen MR) is 63.2 cm³/mol. The molecular formula is C12H10ClNO2. The second kappa shape index (κ2) is 3.76. The summed E-state index contributed by atoms with van der Waals surface area (Å²) in [6.45, 7) is 3.61. The molecule has 0 aliphatic heterocycles. The lowest BCUT2D eigenvalue weighted by Gasteiger charge is -2.07. The van der Waals surface area contributed by atoms with Gasteiger partial charge in [-0.1, -0.05) is 17.7 Å². The van der Waals surface area contributed by atoms with E-state index in [0.29, 0.717) is 21.6 Å². The fraction of sp³-hybridized carbons (Fsp3) is 0.167. The molecule has 4 heteroatoms. The van der Waals surface area contributed by atoms with E-state index >= 15 is 0 Å². The highest BCUT2D eigenvalue weighted by atomic mass is 35.5. The average Bonchev–Trinajstić information content (AvgIpc) is 2.23. The number of hydrogen-bond donors (Lipinski definition) is 1. The number of hydrogen-bond acceptors (Lipinski definition) is 2. The summed E-state index contributed by atoms with van der Waals surface area (Å²) in [5.41, 5.74) is 2.41. The van der Waals surface area contributed by atoms with Crippen LogP contribution in [0.3, 0.4) is 0 Å². The standard InChI is InChI=1S/C12H10ClNO2/c1-6-5-9(12(15)16)8-3-4-10(13)7(2)11(8)14-6/h3-5H,1-2H3,(H,15,16). The minimum Gasteiger partial charge on any atom is -0.478 e. The van der Waals surface area contributed by atoms with Crippen molar-refractivity contribution < 1.29 is 9.90 Å². The topological polar surface area (TPSA) is 50.2 Å². The Hall–Kier alpha value is -1.61. The molecule has 0 atom stereocenters. The zero-order chi connectivity index (χ0) is 11.9. The molecule has 2 aromatic rings. The van der Waals surface area contributed by atoms with E-state index in [0.717, 1.165) is 5.56 Å². The molecule has 2 rings (SSSR count). The highest BCUT2D eigenvalue weighted by molar-refractivity contribution is 6.32. The van der Waals surface area contributed by atoms with Gasteiger partial charge < -0.3 is 5.11 Å². The third-order valence-electron chi connectivity index (χ3n) is 2.53. The molecule has 1 heterocycles. The maximum Gasteiger partial charge on any atom is 0.336 e. The quantitative estimate of drug-likeness (QED) is 0.826. The van der Waals surface area contributed by atoms with Gasteiger partial charge in [-0.05, 0) is 31.5 Å². The Labute approximate surface area is 97.7 Å². The van der Waals surface area contributed by atoms with Crippen molar-refractivity contribution in [3.8, 4) is 0 Å². The summed E-state index contributed by atoms with van der Waals surface area (Å²) in [4.78, 5) is 15.4. The number of carboxylic acid groups (broad SMARTS) is 1.